The first kappa shape index (κ1) is 17.9. The van der Waals surface area contributed by atoms with E-state index >= 15 is 0 Å². The fraction of sp³-hybridized carbons (Fsp3) is 0.474. The SMILES string of the molecule is COC(=S)OC1=C(c2c(C)cc(C)cc2C)C(=O)OC12CCOCC2. The fourth-order valence-corrected chi connectivity index (χ4v) is 3.77. The highest BCUT2D eigenvalue weighted by atomic mass is 32.1. The molecule has 2 aliphatic heterocycles. The van der Waals surface area contributed by atoms with Gasteiger partial charge in [0.05, 0.1) is 20.3 Å². The van der Waals surface area contributed by atoms with Crippen molar-refractivity contribution in [2.24, 2.45) is 0 Å². The molecule has 1 saturated heterocycles. The smallest absolute Gasteiger partial charge is 0.357 e. The van der Waals surface area contributed by atoms with Gasteiger partial charge in [0.1, 0.15) is 5.57 Å². The lowest BCUT2D eigenvalue weighted by molar-refractivity contribution is -0.154. The van der Waals surface area contributed by atoms with Gasteiger partial charge in [-0.1, -0.05) is 17.7 Å². The fourth-order valence-electron chi connectivity index (χ4n) is 3.68. The van der Waals surface area contributed by atoms with Gasteiger partial charge in [-0.05, 0) is 37.5 Å². The lowest BCUT2D eigenvalue weighted by atomic mass is 9.87. The molecular weight excluding hydrogens is 340 g/mol. The highest BCUT2D eigenvalue weighted by Crippen LogP contribution is 2.46. The molecule has 1 aromatic rings. The van der Waals surface area contributed by atoms with Gasteiger partial charge in [-0.15, -0.1) is 0 Å². The number of carbonyl (C=O) groups is 1. The van der Waals surface area contributed by atoms with Crippen LogP contribution in [0.15, 0.2) is 17.9 Å². The maximum atomic E-state index is 12.8. The summed E-state index contributed by atoms with van der Waals surface area (Å²) in [4.78, 5) is 12.8. The monoisotopic (exact) mass is 362 g/mol. The molecule has 6 heteroatoms. The van der Waals surface area contributed by atoms with Crippen molar-refractivity contribution < 1.29 is 23.7 Å². The summed E-state index contributed by atoms with van der Waals surface area (Å²) in [7, 11) is 1.44. The van der Waals surface area contributed by atoms with Crippen LogP contribution in [0.2, 0.25) is 0 Å². The van der Waals surface area contributed by atoms with Crippen molar-refractivity contribution in [3.8, 4) is 0 Å². The summed E-state index contributed by atoms with van der Waals surface area (Å²) in [6.07, 6.45) is 1.07. The summed E-state index contributed by atoms with van der Waals surface area (Å²) in [5.74, 6) is 0.0635. The number of ether oxygens (including phenoxy) is 4. The molecule has 0 bridgehead atoms. The average Bonchev–Trinajstić information content (AvgIpc) is 2.79. The summed E-state index contributed by atoms with van der Waals surface area (Å²) in [6.45, 7) is 6.99. The van der Waals surface area contributed by atoms with Gasteiger partial charge in [0, 0.05) is 25.1 Å². The topological polar surface area (TPSA) is 54.0 Å². The minimum atomic E-state index is -0.836. The summed E-state index contributed by atoms with van der Waals surface area (Å²) < 4.78 is 22.1. The van der Waals surface area contributed by atoms with Crippen LogP contribution in [-0.2, 0) is 23.7 Å². The Bertz CT molecular complexity index is 736. The molecule has 0 aromatic heterocycles. The van der Waals surface area contributed by atoms with E-state index in [1.54, 1.807) is 0 Å². The van der Waals surface area contributed by atoms with Crippen LogP contribution >= 0.6 is 12.2 Å². The first-order chi connectivity index (χ1) is 11.9. The van der Waals surface area contributed by atoms with Crippen molar-refractivity contribution in [3.63, 3.8) is 0 Å². The third-order valence-electron chi connectivity index (χ3n) is 4.71. The number of carbonyl (C=O) groups excluding carboxylic acids is 1. The predicted octanol–water partition coefficient (Wildman–Crippen LogP) is 3.38. The molecule has 0 saturated carbocycles. The summed E-state index contributed by atoms with van der Waals surface area (Å²) in [6, 6.07) is 4.09. The largest absolute Gasteiger partial charge is 0.460 e. The molecule has 0 amide bonds. The molecule has 3 rings (SSSR count). The van der Waals surface area contributed by atoms with Crippen molar-refractivity contribution >= 4 is 29.0 Å². The molecule has 0 atom stereocenters. The van der Waals surface area contributed by atoms with E-state index in [1.807, 2.05) is 32.9 Å². The molecule has 25 heavy (non-hydrogen) atoms. The predicted molar refractivity (Wildman–Crippen MR) is 97.1 cm³/mol. The van der Waals surface area contributed by atoms with Gasteiger partial charge in [-0.3, -0.25) is 0 Å². The maximum absolute atomic E-state index is 12.8. The van der Waals surface area contributed by atoms with Gasteiger partial charge in [-0.25, -0.2) is 4.79 Å². The normalized spacial score (nSPS) is 19.1. The Morgan fingerprint density at radius 2 is 1.76 bits per heavy atom. The van der Waals surface area contributed by atoms with Crippen molar-refractivity contribution in [2.45, 2.75) is 39.2 Å². The van der Waals surface area contributed by atoms with Gasteiger partial charge in [0.25, 0.3) is 0 Å². The molecule has 2 heterocycles. The van der Waals surface area contributed by atoms with Crippen molar-refractivity contribution in [1.82, 2.24) is 0 Å². The van der Waals surface area contributed by atoms with Crippen LogP contribution in [0.25, 0.3) is 5.57 Å². The number of aryl methyl sites for hydroxylation is 3. The molecule has 1 spiro atoms. The lowest BCUT2D eigenvalue weighted by Crippen LogP contribution is -2.40. The number of methoxy groups -OCH3 is 1. The zero-order valence-electron chi connectivity index (χ0n) is 14.9. The quantitative estimate of drug-likeness (QED) is 0.594. The Morgan fingerprint density at radius 3 is 2.32 bits per heavy atom. The van der Waals surface area contributed by atoms with E-state index in [1.165, 1.54) is 7.11 Å². The van der Waals surface area contributed by atoms with E-state index < -0.39 is 5.60 Å². The van der Waals surface area contributed by atoms with Gasteiger partial charge in [-0.2, -0.15) is 0 Å². The Balaban J connectivity index is 2.20. The lowest BCUT2D eigenvalue weighted by Gasteiger charge is -2.33. The highest BCUT2D eigenvalue weighted by molar-refractivity contribution is 7.79. The van der Waals surface area contributed by atoms with Crippen molar-refractivity contribution in [3.05, 3.63) is 40.1 Å². The number of esters is 1. The minimum Gasteiger partial charge on any atom is -0.460 e. The van der Waals surface area contributed by atoms with Crippen LogP contribution in [0, 0.1) is 20.8 Å². The van der Waals surface area contributed by atoms with Crippen molar-refractivity contribution in [1.29, 1.82) is 0 Å². The number of benzene rings is 1. The first-order valence-corrected chi connectivity index (χ1v) is 8.68. The molecule has 0 N–H and O–H groups in total. The molecule has 1 fully saturated rings. The van der Waals surface area contributed by atoms with E-state index in [-0.39, 0.29) is 11.2 Å². The Hall–Kier alpha value is -1.92. The molecule has 0 unspecified atom stereocenters. The van der Waals surface area contributed by atoms with E-state index in [2.05, 4.69) is 0 Å². The summed E-state index contributed by atoms with van der Waals surface area (Å²) in [5.41, 5.74) is 3.58. The summed E-state index contributed by atoms with van der Waals surface area (Å²) >= 11 is 5.10. The van der Waals surface area contributed by atoms with E-state index in [9.17, 15) is 4.79 Å². The molecular formula is C19H22O5S. The summed E-state index contributed by atoms with van der Waals surface area (Å²) in [5, 5.41) is -0.0286. The molecule has 2 aliphatic rings. The first-order valence-electron chi connectivity index (χ1n) is 8.28. The molecule has 134 valence electrons. The number of rotatable bonds is 2. The van der Waals surface area contributed by atoms with Crippen LogP contribution in [-0.4, -0.2) is 37.1 Å². The number of hydrogen-bond donors (Lipinski definition) is 0. The molecule has 1 aromatic carbocycles. The minimum absolute atomic E-state index is 0.0286. The second kappa shape index (κ2) is 6.77. The second-order valence-corrected chi connectivity index (χ2v) is 6.86. The molecule has 0 aliphatic carbocycles. The van der Waals surface area contributed by atoms with Gasteiger partial charge in [0.2, 0.25) is 0 Å². The number of thiocarbonyl (C=S) groups is 1. The standard InChI is InChI=1S/C19H22O5S/c1-11-9-12(2)14(13(3)10-11)15-16(23-18(25)21-4)19(24-17(15)20)5-7-22-8-6-19/h9-10H,5-8H2,1-4H3. The van der Waals surface area contributed by atoms with Gasteiger partial charge < -0.3 is 18.9 Å². The maximum Gasteiger partial charge on any atom is 0.357 e. The third kappa shape index (κ3) is 3.16. The second-order valence-electron chi connectivity index (χ2n) is 6.53. The highest BCUT2D eigenvalue weighted by Gasteiger charge is 2.51. The Kier molecular flexibility index (Phi) is 4.84. The van der Waals surface area contributed by atoms with Gasteiger partial charge in [0.15, 0.2) is 11.4 Å². The molecule has 0 radical (unpaired) electrons. The van der Waals surface area contributed by atoms with E-state index in [4.69, 9.17) is 31.2 Å². The van der Waals surface area contributed by atoms with Crippen LogP contribution in [0.3, 0.4) is 0 Å². The van der Waals surface area contributed by atoms with Crippen LogP contribution in [0.1, 0.15) is 35.1 Å². The number of hydrogen-bond acceptors (Lipinski definition) is 6. The average molecular weight is 362 g/mol. The van der Waals surface area contributed by atoms with E-state index in [0.717, 1.165) is 22.3 Å². The van der Waals surface area contributed by atoms with E-state index in [0.29, 0.717) is 37.4 Å². The van der Waals surface area contributed by atoms with Crippen molar-refractivity contribution in [2.75, 3.05) is 20.3 Å². The van der Waals surface area contributed by atoms with Crippen LogP contribution in [0.5, 0.6) is 0 Å². The van der Waals surface area contributed by atoms with Crippen LogP contribution < -0.4 is 0 Å². The Morgan fingerprint density at radius 1 is 1.16 bits per heavy atom. The third-order valence-corrected chi connectivity index (χ3v) is 4.96. The zero-order valence-corrected chi connectivity index (χ0v) is 15.7. The van der Waals surface area contributed by atoms with Crippen LogP contribution in [0.4, 0.5) is 0 Å². The molecule has 5 nitrogen and oxygen atoms in total. The Labute approximate surface area is 152 Å². The van der Waals surface area contributed by atoms with Gasteiger partial charge >= 0.3 is 11.2 Å². The zero-order chi connectivity index (χ0) is 18.2.